The van der Waals surface area contributed by atoms with Gasteiger partial charge in [0.05, 0.1) is 5.25 Å². The van der Waals surface area contributed by atoms with Gasteiger partial charge in [-0.3, -0.25) is 4.79 Å². The Hall–Kier alpha value is -0.220. The molecule has 0 aromatic carbocycles. The molecule has 0 aromatic rings. The largest absolute Gasteiger partial charge is 0.339 e. The molecule has 2 N–H and O–H groups in total. The molecule has 2 fully saturated rings. The van der Waals surface area contributed by atoms with Crippen LogP contribution in [0.15, 0.2) is 0 Å². The second-order valence-corrected chi connectivity index (χ2v) is 7.14. The molecular formula is C15H28N2OS. The van der Waals surface area contributed by atoms with Gasteiger partial charge in [-0.2, -0.15) is 0 Å². The number of thioether (sulfide) groups is 1. The molecule has 2 rings (SSSR count). The van der Waals surface area contributed by atoms with Gasteiger partial charge in [0.2, 0.25) is 5.91 Å². The second kappa shape index (κ2) is 7.53. The molecule has 2 aliphatic rings. The third-order valence-corrected chi connectivity index (χ3v) is 6.02. The number of rotatable bonds is 4. The lowest BCUT2D eigenvalue weighted by molar-refractivity contribution is -0.134. The van der Waals surface area contributed by atoms with Crippen molar-refractivity contribution in [2.75, 3.05) is 18.8 Å². The van der Waals surface area contributed by atoms with Crippen molar-refractivity contribution in [3.63, 3.8) is 0 Å². The lowest BCUT2D eigenvalue weighted by Crippen LogP contribution is -2.50. The Labute approximate surface area is 121 Å². The molecule has 0 aromatic heterocycles. The van der Waals surface area contributed by atoms with E-state index in [2.05, 4.69) is 11.8 Å². The van der Waals surface area contributed by atoms with Gasteiger partial charge in [0, 0.05) is 12.6 Å². The molecule has 4 heteroatoms. The van der Waals surface area contributed by atoms with E-state index in [4.69, 9.17) is 5.73 Å². The van der Waals surface area contributed by atoms with Crippen molar-refractivity contribution in [1.82, 2.24) is 4.90 Å². The number of carbonyl (C=O) groups is 1. The van der Waals surface area contributed by atoms with E-state index in [-0.39, 0.29) is 5.25 Å². The van der Waals surface area contributed by atoms with Crippen LogP contribution < -0.4 is 5.73 Å². The first kappa shape index (κ1) is 15.2. The molecule has 3 atom stereocenters. The fourth-order valence-electron chi connectivity index (χ4n) is 3.55. The van der Waals surface area contributed by atoms with E-state index in [1.165, 1.54) is 32.1 Å². The van der Waals surface area contributed by atoms with Crippen LogP contribution >= 0.6 is 11.8 Å². The van der Waals surface area contributed by atoms with E-state index >= 15 is 0 Å². The summed E-state index contributed by atoms with van der Waals surface area (Å²) < 4.78 is 0. The van der Waals surface area contributed by atoms with Crippen molar-refractivity contribution in [3.05, 3.63) is 0 Å². The summed E-state index contributed by atoms with van der Waals surface area (Å²) in [5.41, 5.74) is 5.92. The SMILES string of the molecule is CCN(C(=O)C1CCCCS1)C1CCCCC1CN. The zero-order valence-electron chi connectivity index (χ0n) is 12.1. The minimum Gasteiger partial charge on any atom is -0.339 e. The Morgan fingerprint density at radius 2 is 1.95 bits per heavy atom. The molecule has 1 saturated carbocycles. The Morgan fingerprint density at radius 3 is 2.58 bits per heavy atom. The van der Waals surface area contributed by atoms with Gasteiger partial charge in [-0.15, -0.1) is 11.8 Å². The molecule has 1 aliphatic carbocycles. The number of carbonyl (C=O) groups excluding carboxylic acids is 1. The molecule has 1 amide bonds. The van der Waals surface area contributed by atoms with Gasteiger partial charge >= 0.3 is 0 Å². The van der Waals surface area contributed by atoms with E-state index in [9.17, 15) is 4.79 Å². The fraction of sp³-hybridized carbons (Fsp3) is 0.933. The summed E-state index contributed by atoms with van der Waals surface area (Å²) in [5, 5.41) is 0.217. The van der Waals surface area contributed by atoms with Crippen LogP contribution in [0.2, 0.25) is 0 Å². The average Bonchev–Trinajstić information content (AvgIpc) is 2.49. The molecule has 0 spiro atoms. The lowest BCUT2D eigenvalue weighted by atomic mass is 9.83. The van der Waals surface area contributed by atoms with E-state index in [1.807, 2.05) is 11.8 Å². The van der Waals surface area contributed by atoms with E-state index in [1.54, 1.807) is 0 Å². The van der Waals surface area contributed by atoms with Gasteiger partial charge in [0.1, 0.15) is 0 Å². The summed E-state index contributed by atoms with van der Waals surface area (Å²) in [7, 11) is 0. The Morgan fingerprint density at radius 1 is 1.21 bits per heavy atom. The average molecular weight is 284 g/mol. The van der Waals surface area contributed by atoms with Crippen molar-refractivity contribution >= 4 is 17.7 Å². The number of hydrogen-bond acceptors (Lipinski definition) is 3. The highest BCUT2D eigenvalue weighted by molar-refractivity contribution is 8.00. The first-order valence-electron chi connectivity index (χ1n) is 7.90. The molecule has 19 heavy (non-hydrogen) atoms. The first-order chi connectivity index (χ1) is 9.27. The summed E-state index contributed by atoms with van der Waals surface area (Å²) in [6.45, 7) is 3.69. The minimum atomic E-state index is 0.217. The normalized spacial score (nSPS) is 32.0. The number of amides is 1. The van der Waals surface area contributed by atoms with Gasteiger partial charge in [0.25, 0.3) is 0 Å². The lowest BCUT2D eigenvalue weighted by Gasteiger charge is -2.41. The summed E-state index contributed by atoms with van der Waals surface area (Å²) in [5.74, 6) is 2.06. The quantitative estimate of drug-likeness (QED) is 0.863. The van der Waals surface area contributed by atoms with Gasteiger partial charge in [-0.1, -0.05) is 19.3 Å². The van der Waals surface area contributed by atoms with E-state index in [0.29, 0.717) is 17.9 Å². The zero-order chi connectivity index (χ0) is 13.7. The molecule has 3 nitrogen and oxygen atoms in total. The van der Waals surface area contributed by atoms with Crippen LogP contribution in [0, 0.1) is 5.92 Å². The Balaban J connectivity index is 2.02. The standard InChI is InChI=1S/C15H28N2OS/c1-2-17(13-8-4-3-7-12(13)11-16)15(18)14-9-5-6-10-19-14/h12-14H,2-11,16H2,1H3. The molecule has 110 valence electrons. The fourth-order valence-corrected chi connectivity index (χ4v) is 4.81. The number of hydrogen-bond donors (Lipinski definition) is 1. The summed E-state index contributed by atoms with van der Waals surface area (Å²) in [6.07, 6.45) is 8.44. The second-order valence-electron chi connectivity index (χ2n) is 5.83. The van der Waals surface area contributed by atoms with Crippen LogP contribution in [-0.2, 0) is 4.79 Å². The van der Waals surface area contributed by atoms with Gasteiger partial charge in [-0.05, 0) is 50.8 Å². The first-order valence-corrected chi connectivity index (χ1v) is 8.95. The summed E-state index contributed by atoms with van der Waals surface area (Å²) in [6, 6.07) is 0.402. The molecule has 3 unspecified atom stereocenters. The molecule has 1 heterocycles. The zero-order valence-corrected chi connectivity index (χ0v) is 13.0. The topological polar surface area (TPSA) is 46.3 Å². The maximum atomic E-state index is 12.8. The highest BCUT2D eigenvalue weighted by Gasteiger charge is 2.34. The maximum absolute atomic E-state index is 12.8. The maximum Gasteiger partial charge on any atom is 0.235 e. The molecule has 1 saturated heterocycles. The predicted molar refractivity (Wildman–Crippen MR) is 82.3 cm³/mol. The molecule has 0 bridgehead atoms. The highest BCUT2D eigenvalue weighted by Crippen LogP contribution is 2.32. The van der Waals surface area contributed by atoms with Gasteiger partial charge < -0.3 is 10.6 Å². The smallest absolute Gasteiger partial charge is 0.235 e. The van der Waals surface area contributed by atoms with Crippen molar-refractivity contribution in [3.8, 4) is 0 Å². The van der Waals surface area contributed by atoms with Crippen LogP contribution in [-0.4, -0.2) is 40.9 Å². The van der Waals surface area contributed by atoms with Crippen molar-refractivity contribution in [2.24, 2.45) is 11.7 Å². The third-order valence-electron chi connectivity index (χ3n) is 4.65. The van der Waals surface area contributed by atoms with Crippen LogP contribution in [0.3, 0.4) is 0 Å². The minimum absolute atomic E-state index is 0.217. The van der Waals surface area contributed by atoms with Crippen molar-refractivity contribution < 1.29 is 4.79 Å². The number of nitrogens with zero attached hydrogens (tertiary/aromatic N) is 1. The molecule has 0 radical (unpaired) electrons. The van der Waals surface area contributed by atoms with Crippen LogP contribution in [0.4, 0.5) is 0 Å². The van der Waals surface area contributed by atoms with Crippen LogP contribution in [0.5, 0.6) is 0 Å². The van der Waals surface area contributed by atoms with Crippen LogP contribution in [0.25, 0.3) is 0 Å². The van der Waals surface area contributed by atoms with Gasteiger partial charge in [0.15, 0.2) is 0 Å². The monoisotopic (exact) mass is 284 g/mol. The van der Waals surface area contributed by atoms with Gasteiger partial charge in [-0.25, -0.2) is 0 Å². The summed E-state index contributed by atoms with van der Waals surface area (Å²) >= 11 is 1.87. The van der Waals surface area contributed by atoms with Crippen molar-refractivity contribution in [2.45, 2.75) is 63.2 Å². The van der Waals surface area contributed by atoms with Crippen LogP contribution in [0.1, 0.15) is 51.9 Å². The molecule has 1 aliphatic heterocycles. The van der Waals surface area contributed by atoms with E-state index < -0.39 is 0 Å². The Bertz CT molecular complexity index is 292. The third kappa shape index (κ3) is 3.66. The van der Waals surface area contributed by atoms with E-state index in [0.717, 1.165) is 31.7 Å². The summed E-state index contributed by atoms with van der Waals surface area (Å²) in [4.78, 5) is 14.9. The predicted octanol–water partition coefficient (Wildman–Crippen LogP) is 2.64. The van der Waals surface area contributed by atoms with Crippen molar-refractivity contribution in [1.29, 1.82) is 0 Å². The molecular weight excluding hydrogens is 256 g/mol. The Kier molecular flexibility index (Phi) is 6.02. The highest BCUT2D eigenvalue weighted by atomic mass is 32.2. The number of nitrogens with two attached hydrogens (primary N) is 1.